The number of allylic oxidation sites excluding steroid dienone is 1. The van der Waals surface area contributed by atoms with Crippen molar-refractivity contribution in [1.82, 2.24) is 14.8 Å². The first-order valence-electron chi connectivity index (χ1n) is 5.45. The van der Waals surface area contributed by atoms with Crippen LogP contribution in [-0.4, -0.2) is 20.5 Å². The zero-order chi connectivity index (χ0) is 12.1. The summed E-state index contributed by atoms with van der Waals surface area (Å²) >= 11 is 0. The van der Waals surface area contributed by atoms with Gasteiger partial charge in [-0.25, -0.2) is 0 Å². The summed E-state index contributed by atoms with van der Waals surface area (Å²) in [5.74, 6) is -0.0480. The highest BCUT2D eigenvalue weighted by atomic mass is 16.1. The molecule has 2 heterocycles. The normalized spacial score (nSPS) is 10.9. The molecule has 0 saturated heterocycles. The number of nitrogens with zero attached hydrogens (tertiary/aromatic N) is 3. The number of hydrogen-bond donors (Lipinski definition) is 0. The Morgan fingerprint density at radius 2 is 2.29 bits per heavy atom. The van der Waals surface area contributed by atoms with Gasteiger partial charge in [0.15, 0.2) is 0 Å². The Hall–Kier alpha value is -2.23. The summed E-state index contributed by atoms with van der Waals surface area (Å²) < 4.78 is 1.68. The van der Waals surface area contributed by atoms with Gasteiger partial charge < -0.3 is 0 Å². The van der Waals surface area contributed by atoms with Gasteiger partial charge in [-0.2, -0.15) is 5.10 Å². The van der Waals surface area contributed by atoms with Crippen LogP contribution in [0.1, 0.15) is 23.0 Å². The third kappa shape index (κ3) is 2.66. The number of hydrogen-bond acceptors (Lipinski definition) is 3. The second-order valence-electron chi connectivity index (χ2n) is 3.52. The molecule has 0 fully saturated rings. The van der Waals surface area contributed by atoms with Crippen LogP contribution in [0.15, 0.2) is 42.9 Å². The first kappa shape index (κ1) is 11.3. The highest BCUT2D eigenvalue weighted by Gasteiger charge is 2.07. The zero-order valence-electron chi connectivity index (χ0n) is 9.58. The van der Waals surface area contributed by atoms with E-state index < -0.39 is 0 Å². The Kier molecular flexibility index (Phi) is 3.45. The van der Waals surface area contributed by atoms with E-state index in [9.17, 15) is 4.79 Å². The number of carbonyl (C=O) groups excluding carboxylic acids is 1. The summed E-state index contributed by atoms with van der Waals surface area (Å²) in [7, 11) is 0. The molecule has 4 heteroatoms. The molecule has 0 bridgehead atoms. The summed E-state index contributed by atoms with van der Waals surface area (Å²) in [5, 5.41) is 4.06. The number of aryl methyl sites for hydroxylation is 1. The molecular formula is C13H13N3O. The lowest BCUT2D eigenvalue weighted by Crippen LogP contribution is -2.07. The maximum absolute atomic E-state index is 11.9. The van der Waals surface area contributed by atoms with Crippen molar-refractivity contribution < 1.29 is 4.79 Å². The van der Waals surface area contributed by atoms with Crippen LogP contribution in [-0.2, 0) is 6.54 Å². The second kappa shape index (κ2) is 5.21. The van der Waals surface area contributed by atoms with Crippen molar-refractivity contribution >= 4 is 11.9 Å². The van der Waals surface area contributed by atoms with Gasteiger partial charge in [-0.15, -0.1) is 0 Å². The highest BCUT2D eigenvalue weighted by molar-refractivity contribution is 6.05. The van der Waals surface area contributed by atoms with E-state index in [-0.39, 0.29) is 5.78 Å². The number of ketones is 1. The van der Waals surface area contributed by atoms with Crippen molar-refractivity contribution in [1.29, 1.82) is 0 Å². The summed E-state index contributed by atoms with van der Waals surface area (Å²) in [4.78, 5) is 15.9. The Morgan fingerprint density at radius 1 is 1.41 bits per heavy atom. The molecular weight excluding hydrogens is 214 g/mol. The zero-order valence-corrected chi connectivity index (χ0v) is 9.58. The van der Waals surface area contributed by atoms with E-state index in [0.29, 0.717) is 12.2 Å². The van der Waals surface area contributed by atoms with Gasteiger partial charge in [-0.3, -0.25) is 14.5 Å². The van der Waals surface area contributed by atoms with Crippen molar-refractivity contribution in [3.63, 3.8) is 0 Å². The predicted molar refractivity (Wildman–Crippen MR) is 65.5 cm³/mol. The number of rotatable bonds is 4. The van der Waals surface area contributed by atoms with Crippen LogP contribution >= 0.6 is 0 Å². The van der Waals surface area contributed by atoms with Crippen molar-refractivity contribution in [2.45, 2.75) is 13.5 Å². The van der Waals surface area contributed by atoms with Gasteiger partial charge in [0.1, 0.15) is 5.69 Å². The molecule has 0 amide bonds. The van der Waals surface area contributed by atoms with E-state index in [1.54, 1.807) is 41.5 Å². The van der Waals surface area contributed by atoms with Crippen LogP contribution in [0.5, 0.6) is 0 Å². The SMILES string of the molecule is CCn1nccc1C(=O)/C=C/c1cccnc1. The average Bonchev–Trinajstić information content (AvgIpc) is 2.85. The number of aromatic nitrogens is 3. The van der Waals surface area contributed by atoms with Gasteiger partial charge in [0.25, 0.3) is 0 Å². The third-order valence-electron chi connectivity index (χ3n) is 2.38. The largest absolute Gasteiger partial charge is 0.288 e. The van der Waals surface area contributed by atoms with E-state index in [1.807, 2.05) is 19.1 Å². The fraction of sp³-hybridized carbons (Fsp3) is 0.154. The molecule has 2 rings (SSSR count). The molecule has 0 aliphatic carbocycles. The topological polar surface area (TPSA) is 47.8 Å². The van der Waals surface area contributed by atoms with Gasteiger partial charge in [-0.05, 0) is 36.8 Å². The molecule has 0 saturated carbocycles. The lowest BCUT2D eigenvalue weighted by molar-refractivity contribution is 0.103. The quantitative estimate of drug-likeness (QED) is 0.594. The summed E-state index contributed by atoms with van der Waals surface area (Å²) in [6.07, 6.45) is 8.34. The minimum atomic E-state index is -0.0480. The van der Waals surface area contributed by atoms with E-state index in [1.165, 1.54) is 0 Å². The maximum atomic E-state index is 11.9. The molecule has 0 radical (unpaired) electrons. The fourth-order valence-corrected chi connectivity index (χ4v) is 1.53. The van der Waals surface area contributed by atoms with Gasteiger partial charge in [0.05, 0.1) is 0 Å². The van der Waals surface area contributed by atoms with Crippen LogP contribution in [0.25, 0.3) is 6.08 Å². The van der Waals surface area contributed by atoms with Crippen LogP contribution in [0.3, 0.4) is 0 Å². The van der Waals surface area contributed by atoms with Crippen LogP contribution in [0.4, 0.5) is 0 Å². The van der Waals surface area contributed by atoms with E-state index in [0.717, 1.165) is 5.56 Å². The van der Waals surface area contributed by atoms with Crippen molar-refractivity contribution in [2.75, 3.05) is 0 Å². The minimum Gasteiger partial charge on any atom is -0.288 e. The second-order valence-corrected chi connectivity index (χ2v) is 3.52. The minimum absolute atomic E-state index is 0.0480. The lowest BCUT2D eigenvalue weighted by atomic mass is 10.2. The van der Waals surface area contributed by atoms with E-state index in [2.05, 4.69) is 10.1 Å². The molecule has 0 atom stereocenters. The van der Waals surface area contributed by atoms with Crippen molar-refractivity contribution in [3.05, 3.63) is 54.1 Å². The number of carbonyl (C=O) groups is 1. The van der Waals surface area contributed by atoms with Gasteiger partial charge in [0, 0.05) is 25.1 Å². The van der Waals surface area contributed by atoms with Gasteiger partial charge >= 0.3 is 0 Å². The molecule has 0 unspecified atom stereocenters. The van der Waals surface area contributed by atoms with E-state index >= 15 is 0 Å². The van der Waals surface area contributed by atoms with Gasteiger partial charge in [0.2, 0.25) is 5.78 Å². The van der Waals surface area contributed by atoms with Crippen molar-refractivity contribution in [3.8, 4) is 0 Å². The smallest absolute Gasteiger partial charge is 0.203 e. The summed E-state index contributed by atoms with van der Waals surface area (Å²) in [5.41, 5.74) is 1.51. The summed E-state index contributed by atoms with van der Waals surface area (Å²) in [6.45, 7) is 2.64. The molecule has 17 heavy (non-hydrogen) atoms. The fourth-order valence-electron chi connectivity index (χ4n) is 1.53. The first-order chi connectivity index (χ1) is 8.31. The third-order valence-corrected chi connectivity index (χ3v) is 2.38. The lowest BCUT2D eigenvalue weighted by Gasteiger charge is -1.99. The molecule has 0 N–H and O–H groups in total. The number of pyridine rings is 1. The Morgan fingerprint density at radius 3 is 3.00 bits per heavy atom. The maximum Gasteiger partial charge on any atom is 0.203 e. The van der Waals surface area contributed by atoms with Crippen LogP contribution < -0.4 is 0 Å². The molecule has 2 aromatic rings. The highest BCUT2D eigenvalue weighted by Crippen LogP contribution is 2.04. The molecule has 0 aromatic carbocycles. The molecule has 4 nitrogen and oxygen atoms in total. The molecule has 0 spiro atoms. The molecule has 0 aliphatic rings. The monoisotopic (exact) mass is 227 g/mol. The molecule has 2 aromatic heterocycles. The molecule has 0 aliphatic heterocycles. The van der Waals surface area contributed by atoms with E-state index in [4.69, 9.17) is 0 Å². The van der Waals surface area contributed by atoms with Crippen molar-refractivity contribution in [2.24, 2.45) is 0 Å². The Balaban J connectivity index is 2.15. The van der Waals surface area contributed by atoms with Crippen LogP contribution in [0.2, 0.25) is 0 Å². The van der Waals surface area contributed by atoms with Gasteiger partial charge in [-0.1, -0.05) is 6.07 Å². The Labute approximate surface area is 99.6 Å². The predicted octanol–water partition coefficient (Wildman–Crippen LogP) is 2.19. The van der Waals surface area contributed by atoms with Crippen LogP contribution in [0, 0.1) is 0 Å². The standard InChI is InChI=1S/C13H13N3O/c1-2-16-12(7-9-15-16)13(17)6-5-11-4-3-8-14-10-11/h3-10H,2H2,1H3/b6-5+. The Bertz CT molecular complexity index is 529. The average molecular weight is 227 g/mol. The molecule has 86 valence electrons. The first-order valence-corrected chi connectivity index (χ1v) is 5.45. The summed E-state index contributed by atoms with van der Waals surface area (Å²) in [6, 6.07) is 5.45.